The predicted octanol–water partition coefficient (Wildman–Crippen LogP) is 2.43. The maximum Gasteiger partial charge on any atom is 0.410 e. The Morgan fingerprint density at radius 2 is 1.75 bits per heavy atom. The molecule has 1 atom stereocenters. The first kappa shape index (κ1) is 17.5. The average molecular weight is 338 g/mol. The molecule has 3 aliphatic rings. The Balaban J connectivity index is 1.42. The largest absolute Gasteiger partial charge is 0.481 e. The molecule has 1 saturated carbocycles. The minimum absolute atomic E-state index is 0.137. The van der Waals surface area contributed by atoms with Gasteiger partial charge in [-0.15, -0.1) is 0 Å². The maximum absolute atomic E-state index is 12.0. The van der Waals surface area contributed by atoms with E-state index < -0.39 is 11.6 Å². The smallest absolute Gasteiger partial charge is 0.410 e. The van der Waals surface area contributed by atoms with Crippen molar-refractivity contribution in [3.63, 3.8) is 0 Å². The number of aliphatic carboxylic acids is 1. The van der Waals surface area contributed by atoms with Crippen LogP contribution in [-0.2, 0) is 9.53 Å². The SMILES string of the molecule is CC(C)(C)OC(=O)N1CC([C@H]2CCCN(C3CC(C(=O)O)C3)C2)C1. The van der Waals surface area contributed by atoms with Crippen molar-refractivity contribution in [3.05, 3.63) is 0 Å². The van der Waals surface area contributed by atoms with Crippen LogP contribution in [-0.4, -0.2) is 64.8 Å². The van der Waals surface area contributed by atoms with Gasteiger partial charge in [0.2, 0.25) is 0 Å². The van der Waals surface area contributed by atoms with Crippen LogP contribution >= 0.6 is 0 Å². The van der Waals surface area contributed by atoms with Gasteiger partial charge in [0.05, 0.1) is 5.92 Å². The molecule has 24 heavy (non-hydrogen) atoms. The third kappa shape index (κ3) is 3.85. The molecule has 6 nitrogen and oxygen atoms in total. The third-order valence-electron chi connectivity index (χ3n) is 5.70. The van der Waals surface area contributed by atoms with Crippen LogP contribution < -0.4 is 0 Å². The van der Waals surface area contributed by atoms with E-state index >= 15 is 0 Å². The molecule has 0 radical (unpaired) electrons. The Kier molecular flexibility index (Phi) is 4.78. The Morgan fingerprint density at radius 3 is 2.33 bits per heavy atom. The minimum atomic E-state index is -0.646. The number of carboxylic acid groups (broad SMARTS) is 1. The molecule has 3 fully saturated rings. The van der Waals surface area contributed by atoms with Gasteiger partial charge in [-0.1, -0.05) is 0 Å². The number of carboxylic acids is 1. The molecule has 3 rings (SSSR count). The molecule has 2 saturated heterocycles. The number of piperidine rings is 1. The molecule has 0 unspecified atom stereocenters. The zero-order valence-corrected chi connectivity index (χ0v) is 15.0. The van der Waals surface area contributed by atoms with Crippen LogP contribution in [0.4, 0.5) is 4.79 Å². The monoisotopic (exact) mass is 338 g/mol. The normalized spacial score (nSPS) is 32.0. The van der Waals surface area contributed by atoms with E-state index in [0.29, 0.717) is 17.9 Å². The molecule has 136 valence electrons. The van der Waals surface area contributed by atoms with Crippen molar-refractivity contribution in [2.75, 3.05) is 26.2 Å². The van der Waals surface area contributed by atoms with Crippen LogP contribution in [0.2, 0.25) is 0 Å². The van der Waals surface area contributed by atoms with E-state index in [1.54, 1.807) is 4.90 Å². The van der Waals surface area contributed by atoms with E-state index in [1.807, 2.05) is 20.8 Å². The fraction of sp³-hybridized carbons (Fsp3) is 0.889. The van der Waals surface area contributed by atoms with Gasteiger partial charge in [0.1, 0.15) is 5.60 Å². The summed E-state index contributed by atoms with van der Waals surface area (Å²) in [6.45, 7) is 9.43. The first-order chi connectivity index (χ1) is 11.2. The highest BCUT2D eigenvalue weighted by molar-refractivity contribution is 5.71. The van der Waals surface area contributed by atoms with Gasteiger partial charge >= 0.3 is 12.1 Å². The number of rotatable bonds is 3. The fourth-order valence-corrected chi connectivity index (χ4v) is 4.13. The van der Waals surface area contributed by atoms with Crippen molar-refractivity contribution < 1.29 is 19.4 Å². The van der Waals surface area contributed by atoms with Crippen molar-refractivity contribution in [1.82, 2.24) is 9.80 Å². The number of hydrogen-bond donors (Lipinski definition) is 1. The lowest BCUT2D eigenvalue weighted by Crippen LogP contribution is -2.58. The highest BCUT2D eigenvalue weighted by Gasteiger charge is 2.43. The Morgan fingerprint density at radius 1 is 1.08 bits per heavy atom. The molecule has 0 aromatic heterocycles. The number of carbonyl (C=O) groups excluding carboxylic acids is 1. The molecule has 0 aromatic carbocycles. The summed E-state index contributed by atoms with van der Waals surface area (Å²) in [4.78, 5) is 27.3. The Bertz CT molecular complexity index is 490. The lowest BCUT2D eigenvalue weighted by atomic mass is 9.76. The Hall–Kier alpha value is -1.30. The highest BCUT2D eigenvalue weighted by Crippen LogP contribution is 2.37. The van der Waals surface area contributed by atoms with Gasteiger partial charge in [0.25, 0.3) is 0 Å². The molecule has 6 heteroatoms. The van der Waals surface area contributed by atoms with Crippen LogP contribution in [0.25, 0.3) is 0 Å². The maximum atomic E-state index is 12.0. The first-order valence-corrected chi connectivity index (χ1v) is 9.17. The summed E-state index contributed by atoms with van der Waals surface area (Å²) in [7, 11) is 0. The van der Waals surface area contributed by atoms with E-state index in [-0.39, 0.29) is 12.0 Å². The summed E-state index contributed by atoms with van der Waals surface area (Å²) in [5.41, 5.74) is -0.436. The number of nitrogens with zero attached hydrogens (tertiary/aromatic N) is 2. The van der Waals surface area contributed by atoms with Gasteiger partial charge < -0.3 is 19.6 Å². The van der Waals surface area contributed by atoms with Crippen LogP contribution in [0.15, 0.2) is 0 Å². The molecular formula is C18H30N2O4. The van der Waals surface area contributed by atoms with E-state index in [9.17, 15) is 9.59 Å². The van der Waals surface area contributed by atoms with Crippen molar-refractivity contribution in [2.24, 2.45) is 17.8 Å². The minimum Gasteiger partial charge on any atom is -0.481 e. The number of likely N-dealkylation sites (tertiary alicyclic amines) is 2. The third-order valence-corrected chi connectivity index (χ3v) is 5.70. The molecule has 1 N–H and O–H groups in total. The van der Waals surface area contributed by atoms with E-state index in [2.05, 4.69) is 4.90 Å². The van der Waals surface area contributed by atoms with Crippen molar-refractivity contribution in [1.29, 1.82) is 0 Å². The summed E-state index contributed by atoms with van der Waals surface area (Å²) in [5.74, 6) is 0.408. The van der Waals surface area contributed by atoms with Crippen LogP contribution in [0.3, 0.4) is 0 Å². The second kappa shape index (κ2) is 6.54. The van der Waals surface area contributed by atoms with E-state index in [4.69, 9.17) is 9.84 Å². The molecule has 2 heterocycles. The second-order valence-electron chi connectivity index (χ2n) is 8.70. The zero-order chi connectivity index (χ0) is 17.5. The lowest BCUT2D eigenvalue weighted by Gasteiger charge is -2.49. The van der Waals surface area contributed by atoms with Crippen molar-refractivity contribution in [2.45, 2.75) is 58.1 Å². The summed E-state index contributed by atoms with van der Waals surface area (Å²) < 4.78 is 5.42. The molecule has 1 aliphatic carbocycles. The zero-order valence-electron chi connectivity index (χ0n) is 15.0. The Labute approximate surface area is 144 Å². The number of carbonyl (C=O) groups is 2. The summed E-state index contributed by atoms with van der Waals surface area (Å²) >= 11 is 0. The second-order valence-corrected chi connectivity index (χ2v) is 8.70. The number of hydrogen-bond acceptors (Lipinski definition) is 4. The number of ether oxygens (including phenoxy) is 1. The fourth-order valence-electron chi connectivity index (χ4n) is 4.13. The van der Waals surface area contributed by atoms with E-state index in [0.717, 1.165) is 39.0 Å². The van der Waals surface area contributed by atoms with Gasteiger partial charge in [-0.2, -0.15) is 0 Å². The topological polar surface area (TPSA) is 70.1 Å². The first-order valence-electron chi connectivity index (χ1n) is 9.17. The molecule has 2 aliphatic heterocycles. The summed E-state index contributed by atoms with van der Waals surface area (Å²) in [6, 6.07) is 0.455. The summed E-state index contributed by atoms with van der Waals surface area (Å²) in [5, 5.41) is 9.03. The van der Waals surface area contributed by atoms with Gasteiger partial charge in [-0.25, -0.2) is 4.79 Å². The average Bonchev–Trinajstić information content (AvgIpc) is 2.32. The van der Waals surface area contributed by atoms with E-state index in [1.165, 1.54) is 12.8 Å². The van der Waals surface area contributed by atoms with Crippen LogP contribution in [0, 0.1) is 17.8 Å². The van der Waals surface area contributed by atoms with Gasteiger partial charge in [0, 0.05) is 25.7 Å². The molecule has 0 bridgehead atoms. The van der Waals surface area contributed by atoms with Gasteiger partial charge in [-0.3, -0.25) is 4.79 Å². The van der Waals surface area contributed by atoms with Gasteiger partial charge in [0.15, 0.2) is 0 Å². The summed E-state index contributed by atoms with van der Waals surface area (Å²) in [6.07, 6.45) is 3.81. The highest BCUT2D eigenvalue weighted by atomic mass is 16.6. The molecule has 0 aromatic rings. The van der Waals surface area contributed by atoms with Crippen LogP contribution in [0.5, 0.6) is 0 Å². The molecular weight excluding hydrogens is 308 g/mol. The molecule has 0 spiro atoms. The quantitative estimate of drug-likeness (QED) is 0.856. The molecule has 1 amide bonds. The van der Waals surface area contributed by atoms with Crippen LogP contribution in [0.1, 0.15) is 46.5 Å². The van der Waals surface area contributed by atoms with Gasteiger partial charge in [-0.05, 0) is 64.8 Å². The van der Waals surface area contributed by atoms with Crippen molar-refractivity contribution in [3.8, 4) is 0 Å². The standard InChI is InChI=1S/C18H30N2O4/c1-18(2,3)24-17(23)20-10-14(11-20)12-5-4-6-19(9-12)15-7-13(8-15)16(21)22/h12-15H,4-11H2,1-3H3,(H,21,22)/t12-,13?,15?/m0/s1. The lowest BCUT2D eigenvalue weighted by molar-refractivity contribution is -0.147. The predicted molar refractivity (Wildman–Crippen MR) is 89.7 cm³/mol. The van der Waals surface area contributed by atoms with Crippen molar-refractivity contribution >= 4 is 12.1 Å². The number of amides is 1.